The van der Waals surface area contributed by atoms with Crippen molar-refractivity contribution in [2.45, 2.75) is 26.2 Å². The molecular formula is C7H14O6. The molecule has 0 aromatic heterocycles. The molecule has 0 atom stereocenters. The minimum Gasteiger partial charge on any atom is -0.450 e. The van der Waals surface area contributed by atoms with Gasteiger partial charge in [-0.1, -0.05) is 19.8 Å². The maximum Gasteiger partial charge on any atom is 0.505 e. The number of hydrogen-bond donors (Lipinski definition) is 3. The van der Waals surface area contributed by atoms with E-state index in [0.717, 1.165) is 19.3 Å². The van der Waals surface area contributed by atoms with Gasteiger partial charge >= 0.3 is 12.3 Å². The maximum atomic E-state index is 9.74. The Kier molecular flexibility index (Phi) is 11.4. The van der Waals surface area contributed by atoms with Crippen LogP contribution in [0.4, 0.5) is 9.59 Å². The molecule has 0 bridgehead atoms. The van der Waals surface area contributed by atoms with E-state index in [1.54, 1.807) is 0 Å². The summed E-state index contributed by atoms with van der Waals surface area (Å²) in [5.74, 6) is 0. The number of hydrogen-bond acceptors (Lipinski definition) is 3. The van der Waals surface area contributed by atoms with Crippen LogP contribution in [0.2, 0.25) is 0 Å². The minimum atomic E-state index is -1.83. The molecule has 78 valence electrons. The Hall–Kier alpha value is -1.46. The Morgan fingerprint density at radius 2 is 1.62 bits per heavy atom. The third-order valence-corrected chi connectivity index (χ3v) is 0.973. The molecule has 0 aliphatic rings. The van der Waals surface area contributed by atoms with Crippen molar-refractivity contribution in [3.8, 4) is 0 Å². The lowest BCUT2D eigenvalue weighted by Gasteiger charge is -1.96. The topological polar surface area (TPSA) is 104 Å². The summed E-state index contributed by atoms with van der Waals surface area (Å²) in [5, 5.41) is 21.9. The summed E-state index contributed by atoms with van der Waals surface area (Å²) < 4.78 is 4.26. The van der Waals surface area contributed by atoms with E-state index in [9.17, 15) is 4.79 Å². The third-order valence-electron chi connectivity index (χ3n) is 0.973. The van der Waals surface area contributed by atoms with Gasteiger partial charge in [-0.25, -0.2) is 9.59 Å². The average Bonchev–Trinajstić information content (AvgIpc) is 1.97. The van der Waals surface area contributed by atoms with Crippen LogP contribution in [0.1, 0.15) is 26.2 Å². The highest BCUT2D eigenvalue weighted by atomic mass is 16.7. The van der Waals surface area contributed by atoms with Gasteiger partial charge in [0, 0.05) is 0 Å². The summed E-state index contributed by atoms with van der Waals surface area (Å²) in [4.78, 5) is 18.3. The first-order chi connectivity index (χ1) is 6.00. The molecule has 0 unspecified atom stereocenters. The molecular weight excluding hydrogens is 180 g/mol. The number of carbonyl (C=O) groups is 2. The number of carboxylic acid groups (broad SMARTS) is 3. The SMILES string of the molecule is CCCCCOC(=O)O.O=C(O)O. The van der Waals surface area contributed by atoms with Crippen molar-refractivity contribution in [2.24, 2.45) is 0 Å². The van der Waals surface area contributed by atoms with Crippen LogP contribution in [0.5, 0.6) is 0 Å². The smallest absolute Gasteiger partial charge is 0.450 e. The van der Waals surface area contributed by atoms with Crippen molar-refractivity contribution in [3.63, 3.8) is 0 Å². The van der Waals surface area contributed by atoms with Gasteiger partial charge in [0.05, 0.1) is 6.61 Å². The normalized spacial score (nSPS) is 8.08. The Balaban J connectivity index is 0. The fourth-order valence-electron chi connectivity index (χ4n) is 0.512. The predicted molar refractivity (Wildman–Crippen MR) is 44.2 cm³/mol. The lowest BCUT2D eigenvalue weighted by molar-refractivity contribution is 0.0900. The average molecular weight is 194 g/mol. The van der Waals surface area contributed by atoms with E-state index in [4.69, 9.17) is 20.1 Å². The van der Waals surface area contributed by atoms with E-state index in [1.807, 2.05) is 0 Å². The standard InChI is InChI=1S/C6H12O3.CH2O3/c1-2-3-4-5-9-6(7)8;2-1(3)4/h2-5H2,1H3,(H,7,8);(H2,2,3,4). The Morgan fingerprint density at radius 1 is 1.15 bits per heavy atom. The Labute approximate surface area is 75.8 Å². The monoisotopic (exact) mass is 194 g/mol. The highest BCUT2D eigenvalue weighted by Crippen LogP contribution is 1.93. The molecule has 0 aliphatic heterocycles. The summed E-state index contributed by atoms with van der Waals surface area (Å²) in [7, 11) is 0. The van der Waals surface area contributed by atoms with E-state index in [-0.39, 0.29) is 0 Å². The largest absolute Gasteiger partial charge is 0.505 e. The van der Waals surface area contributed by atoms with Crippen LogP contribution in [-0.4, -0.2) is 34.2 Å². The first-order valence-corrected chi connectivity index (χ1v) is 3.78. The van der Waals surface area contributed by atoms with Crippen LogP contribution in [0.3, 0.4) is 0 Å². The van der Waals surface area contributed by atoms with Gasteiger partial charge in [0.2, 0.25) is 0 Å². The second-order valence-corrected chi connectivity index (χ2v) is 2.10. The van der Waals surface area contributed by atoms with Crippen molar-refractivity contribution >= 4 is 12.3 Å². The zero-order chi connectivity index (χ0) is 10.7. The van der Waals surface area contributed by atoms with Crippen molar-refractivity contribution in [3.05, 3.63) is 0 Å². The lowest BCUT2D eigenvalue weighted by Crippen LogP contribution is -2.00. The lowest BCUT2D eigenvalue weighted by atomic mass is 10.3. The summed E-state index contributed by atoms with van der Waals surface area (Å²) in [5.41, 5.74) is 0. The van der Waals surface area contributed by atoms with Gasteiger partial charge in [0.25, 0.3) is 0 Å². The molecule has 13 heavy (non-hydrogen) atoms. The quantitative estimate of drug-likeness (QED) is 0.467. The zero-order valence-corrected chi connectivity index (χ0v) is 7.39. The molecule has 0 aliphatic carbocycles. The van der Waals surface area contributed by atoms with Crippen molar-refractivity contribution in [2.75, 3.05) is 6.61 Å². The molecule has 0 heterocycles. The van der Waals surface area contributed by atoms with Gasteiger partial charge in [0.15, 0.2) is 0 Å². The van der Waals surface area contributed by atoms with Gasteiger partial charge in [-0.05, 0) is 6.42 Å². The molecule has 6 heteroatoms. The van der Waals surface area contributed by atoms with Crippen LogP contribution in [0, 0.1) is 0 Å². The summed E-state index contributed by atoms with van der Waals surface area (Å²) >= 11 is 0. The van der Waals surface area contributed by atoms with Crippen molar-refractivity contribution < 1.29 is 29.6 Å². The highest BCUT2D eigenvalue weighted by molar-refractivity contribution is 5.56. The van der Waals surface area contributed by atoms with E-state index in [1.165, 1.54) is 0 Å². The van der Waals surface area contributed by atoms with Gasteiger partial charge in [0.1, 0.15) is 0 Å². The first kappa shape index (κ1) is 14.1. The highest BCUT2D eigenvalue weighted by Gasteiger charge is 1.92. The summed E-state index contributed by atoms with van der Waals surface area (Å²) in [6, 6.07) is 0. The number of unbranched alkanes of at least 4 members (excludes halogenated alkanes) is 2. The molecule has 0 aromatic carbocycles. The second kappa shape index (κ2) is 10.5. The molecule has 0 spiro atoms. The van der Waals surface area contributed by atoms with Crippen LogP contribution in [0.15, 0.2) is 0 Å². The fourth-order valence-corrected chi connectivity index (χ4v) is 0.512. The van der Waals surface area contributed by atoms with Crippen LogP contribution in [-0.2, 0) is 4.74 Å². The molecule has 0 fully saturated rings. The van der Waals surface area contributed by atoms with Crippen LogP contribution < -0.4 is 0 Å². The summed E-state index contributed by atoms with van der Waals surface area (Å²) in [6.45, 7) is 2.39. The molecule has 6 nitrogen and oxygen atoms in total. The van der Waals surface area contributed by atoms with Gasteiger partial charge in [-0.3, -0.25) is 0 Å². The maximum absolute atomic E-state index is 9.74. The Bertz CT molecular complexity index is 140. The predicted octanol–water partition coefficient (Wildman–Crippen LogP) is 2.09. The molecule has 3 N–H and O–H groups in total. The minimum absolute atomic E-state index is 0.336. The summed E-state index contributed by atoms with van der Waals surface area (Å²) in [6.07, 6.45) is -0.0508. The van der Waals surface area contributed by atoms with Gasteiger partial charge in [-0.15, -0.1) is 0 Å². The van der Waals surface area contributed by atoms with Crippen LogP contribution in [0.25, 0.3) is 0 Å². The van der Waals surface area contributed by atoms with E-state index >= 15 is 0 Å². The van der Waals surface area contributed by atoms with Gasteiger partial charge < -0.3 is 20.1 Å². The third kappa shape index (κ3) is 37.3. The van der Waals surface area contributed by atoms with E-state index in [2.05, 4.69) is 11.7 Å². The number of ether oxygens (including phenoxy) is 1. The molecule has 0 saturated heterocycles. The molecule has 0 aromatic rings. The van der Waals surface area contributed by atoms with Gasteiger partial charge in [-0.2, -0.15) is 0 Å². The fraction of sp³-hybridized carbons (Fsp3) is 0.714. The van der Waals surface area contributed by atoms with E-state index < -0.39 is 12.3 Å². The molecule has 0 rings (SSSR count). The second-order valence-electron chi connectivity index (χ2n) is 2.10. The molecule has 0 radical (unpaired) electrons. The Morgan fingerprint density at radius 3 is 1.92 bits per heavy atom. The van der Waals surface area contributed by atoms with Crippen molar-refractivity contribution in [1.82, 2.24) is 0 Å². The van der Waals surface area contributed by atoms with E-state index in [0.29, 0.717) is 6.61 Å². The zero-order valence-electron chi connectivity index (χ0n) is 7.39. The number of rotatable bonds is 4. The first-order valence-electron chi connectivity index (χ1n) is 3.78. The van der Waals surface area contributed by atoms with Crippen molar-refractivity contribution in [1.29, 1.82) is 0 Å². The molecule has 0 amide bonds. The molecule has 0 saturated carbocycles. The van der Waals surface area contributed by atoms with Crippen LogP contribution >= 0.6 is 0 Å².